The summed E-state index contributed by atoms with van der Waals surface area (Å²) in [6.45, 7) is 2.67. The van der Waals surface area contributed by atoms with Crippen LogP contribution in [0.4, 0.5) is 4.39 Å². The van der Waals surface area contributed by atoms with Crippen LogP contribution in [0.25, 0.3) is 27.5 Å². The van der Waals surface area contributed by atoms with E-state index in [0.717, 1.165) is 13.1 Å². The lowest BCUT2D eigenvalue weighted by molar-refractivity contribution is 0.0658. The topological polar surface area (TPSA) is 76.3 Å². The van der Waals surface area contributed by atoms with Crippen molar-refractivity contribution >= 4 is 27.7 Å². The first-order valence-electron chi connectivity index (χ1n) is 10.0. The number of aromatic nitrogens is 4. The Labute approximate surface area is 177 Å². The molecule has 3 aromatic heterocycles. The van der Waals surface area contributed by atoms with Crippen molar-refractivity contribution in [2.45, 2.75) is 0 Å². The van der Waals surface area contributed by atoms with Gasteiger partial charge >= 0.3 is 0 Å². The first-order chi connectivity index (χ1) is 15.0. The third-order valence-corrected chi connectivity index (χ3v) is 5.88. The van der Waals surface area contributed by atoms with Gasteiger partial charge in [0.25, 0.3) is 11.5 Å². The molecule has 1 fully saturated rings. The molecular formula is C22H21FN6O2. The summed E-state index contributed by atoms with van der Waals surface area (Å²) in [6, 6.07) is 7.71. The second-order valence-electron chi connectivity index (χ2n) is 7.82. The average Bonchev–Trinajstić information content (AvgIpc) is 3.07. The molecular weight excluding hydrogens is 399 g/mol. The van der Waals surface area contributed by atoms with Crippen LogP contribution in [-0.2, 0) is 7.05 Å². The number of amides is 1. The van der Waals surface area contributed by atoms with E-state index in [9.17, 15) is 14.0 Å². The standard InChI is InChI=1S/C22H21FN6O2/c1-26-8-10-28(11-9-26)21(30)19-18-16-6-5-14(23)12-17(16)27(2)20(18)22(31)29(25-19)15-4-3-7-24-13-15/h3-7,12-13H,8-11H2,1-2H3. The summed E-state index contributed by atoms with van der Waals surface area (Å²) in [4.78, 5) is 35.0. The molecule has 0 spiro atoms. The number of likely N-dealkylation sites (N-methyl/N-ethyl adjacent to an activating group) is 1. The number of hydrogen-bond acceptors (Lipinski definition) is 5. The summed E-state index contributed by atoms with van der Waals surface area (Å²) in [5, 5.41) is 5.58. The zero-order valence-electron chi connectivity index (χ0n) is 17.2. The van der Waals surface area contributed by atoms with Gasteiger partial charge in [-0.2, -0.15) is 9.78 Å². The van der Waals surface area contributed by atoms with Gasteiger partial charge in [0.2, 0.25) is 0 Å². The molecule has 0 radical (unpaired) electrons. The van der Waals surface area contributed by atoms with Gasteiger partial charge in [-0.05, 0) is 37.4 Å². The van der Waals surface area contributed by atoms with E-state index >= 15 is 0 Å². The summed E-state index contributed by atoms with van der Waals surface area (Å²) in [6.07, 6.45) is 3.12. The second-order valence-corrected chi connectivity index (χ2v) is 7.82. The highest BCUT2D eigenvalue weighted by molar-refractivity contribution is 6.16. The van der Waals surface area contributed by atoms with Crippen molar-refractivity contribution in [1.82, 2.24) is 29.1 Å². The highest BCUT2D eigenvalue weighted by Crippen LogP contribution is 2.30. The fourth-order valence-electron chi connectivity index (χ4n) is 4.16. The molecule has 8 nitrogen and oxygen atoms in total. The molecule has 4 heterocycles. The third-order valence-electron chi connectivity index (χ3n) is 5.88. The van der Waals surface area contributed by atoms with Crippen LogP contribution in [0.3, 0.4) is 0 Å². The molecule has 0 aliphatic carbocycles. The minimum Gasteiger partial charge on any atom is -0.339 e. The molecule has 31 heavy (non-hydrogen) atoms. The number of halogens is 1. The summed E-state index contributed by atoms with van der Waals surface area (Å²) in [5.41, 5.74) is 1.08. The van der Waals surface area contributed by atoms with Crippen LogP contribution < -0.4 is 5.56 Å². The predicted octanol–water partition coefficient (Wildman–Crippen LogP) is 1.80. The number of rotatable bonds is 2. The number of hydrogen-bond donors (Lipinski definition) is 0. The molecule has 0 atom stereocenters. The van der Waals surface area contributed by atoms with Crippen molar-refractivity contribution in [3.8, 4) is 5.69 Å². The van der Waals surface area contributed by atoms with Gasteiger partial charge in [-0.25, -0.2) is 4.39 Å². The number of fused-ring (bicyclic) bond motifs is 3. The van der Waals surface area contributed by atoms with E-state index in [1.807, 2.05) is 7.05 Å². The average molecular weight is 420 g/mol. The lowest BCUT2D eigenvalue weighted by atomic mass is 10.1. The van der Waals surface area contributed by atoms with Crippen molar-refractivity contribution in [2.24, 2.45) is 7.05 Å². The first kappa shape index (κ1) is 19.4. The summed E-state index contributed by atoms with van der Waals surface area (Å²) in [5.74, 6) is -0.654. The van der Waals surface area contributed by atoms with E-state index in [2.05, 4.69) is 15.0 Å². The molecule has 0 bridgehead atoms. The predicted molar refractivity (Wildman–Crippen MR) is 115 cm³/mol. The lowest BCUT2D eigenvalue weighted by Crippen LogP contribution is -2.47. The first-order valence-corrected chi connectivity index (χ1v) is 10.0. The van der Waals surface area contributed by atoms with Gasteiger partial charge in [0.1, 0.15) is 11.3 Å². The zero-order valence-corrected chi connectivity index (χ0v) is 17.2. The fourth-order valence-corrected chi connectivity index (χ4v) is 4.16. The molecule has 1 aromatic carbocycles. The van der Waals surface area contributed by atoms with E-state index in [4.69, 9.17) is 0 Å². The fraction of sp³-hybridized carbons (Fsp3) is 0.273. The Morgan fingerprint density at radius 1 is 1.10 bits per heavy atom. The SMILES string of the molecule is CN1CCN(C(=O)c2nn(-c3cccnc3)c(=O)c3c2c2ccc(F)cc2n3C)CC1. The Morgan fingerprint density at radius 3 is 2.58 bits per heavy atom. The van der Waals surface area contributed by atoms with Gasteiger partial charge in [0, 0.05) is 50.2 Å². The smallest absolute Gasteiger partial charge is 0.296 e. The number of piperazine rings is 1. The Balaban J connectivity index is 1.83. The Bertz CT molecular complexity index is 1370. The number of nitrogens with zero attached hydrogens (tertiary/aromatic N) is 6. The molecule has 0 unspecified atom stereocenters. The zero-order chi connectivity index (χ0) is 21.7. The van der Waals surface area contributed by atoms with Gasteiger partial charge in [-0.1, -0.05) is 0 Å². The highest BCUT2D eigenvalue weighted by Gasteiger charge is 2.28. The van der Waals surface area contributed by atoms with Crippen molar-refractivity contribution in [3.63, 3.8) is 0 Å². The monoisotopic (exact) mass is 420 g/mol. The minimum absolute atomic E-state index is 0.181. The van der Waals surface area contributed by atoms with Crippen LogP contribution in [0.5, 0.6) is 0 Å². The van der Waals surface area contributed by atoms with Crippen molar-refractivity contribution < 1.29 is 9.18 Å². The largest absolute Gasteiger partial charge is 0.339 e. The van der Waals surface area contributed by atoms with Gasteiger partial charge in [-0.15, -0.1) is 0 Å². The maximum Gasteiger partial charge on any atom is 0.296 e. The van der Waals surface area contributed by atoms with E-state index in [0.29, 0.717) is 40.6 Å². The molecule has 4 aromatic rings. The van der Waals surface area contributed by atoms with Crippen LogP contribution in [0, 0.1) is 5.82 Å². The second kappa shape index (κ2) is 7.28. The maximum atomic E-state index is 14.0. The van der Waals surface area contributed by atoms with Gasteiger partial charge < -0.3 is 14.4 Å². The summed E-state index contributed by atoms with van der Waals surface area (Å²) in [7, 11) is 3.71. The van der Waals surface area contributed by atoms with Crippen LogP contribution in [-0.4, -0.2) is 68.3 Å². The summed E-state index contributed by atoms with van der Waals surface area (Å²) >= 11 is 0. The van der Waals surface area contributed by atoms with Gasteiger partial charge in [-0.3, -0.25) is 14.6 Å². The Morgan fingerprint density at radius 2 is 1.87 bits per heavy atom. The number of carbonyl (C=O) groups is 1. The van der Waals surface area contributed by atoms with Crippen molar-refractivity contribution in [2.75, 3.05) is 33.2 Å². The van der Waals surface area contributed by atoms with Gasteiger partial charge in [0.15, 0.2) is 5.69 Å². The normalized spacial score (nSPS) is 15.1. The van der Waals surface area contributed by atoms with E-state index in [1.54, 1.807) is 40.9 Å². The molecule has 1 saturated heterocycles. The molecule has 1 aliphatic heterocycles. The van der Waals surface area contributed by atoms with Crippen molar-refractivity contribution in [3.05, 3.63) is 64.6 Å². The summed E-state index contributed by atoms with van der Waals surface area (Å²) < 4.78 is 16.8. The van der Waals surface area contributed by atoms with Crippen LogP contribution in [0.2, 0.25) is 0 Å². The molecule has 9 heteroatoms. The third kappa shape index (κ3) is 3.09. The van der Waals surface area contributed by atoms with Gasteiger partial charge in [0.05, 0.1) is 17.4 Å². The molecule has 0 saturated carbocycles. The van der Waals surface area contributed by atoms with Crippen LogP contribution in [0.1, 0.15) is 10.5 Å². The maximum absolute atomic E-state index is 14.0. The molecule has 0 N–H and O–H groups in total. The molecule has 5 rings (SSSR count). The van der Waals surface area contributed by atoms with E-state index in [1.165, 1.54) is 23.0 Å². The van der Waals surface area contributed by atoms with Crippen molar-refractivity contribution in [1.29, 1.82) is 0 Å². The van der Waals surface area contributed by atoms with Crippen LogP contribution in [0.15, 0.2) is 47.5 Å². The Kier molecular flexibility index (Phi) is 4.55. The van der Waals surface area contributed by atoms with E-state index in [-0.39, 0.29) is 11.6 Å². The molecule has 158 valence electrons. The Hall–Kier alpha value is -3.59. The number of carbonyl (C=O) groups excluding carboxylic acids is 1. The van der Waals surface area contributed by atoms with Crippen LogP contribution >= 0.6 is 0 Å². The highest BCUT2D eigenvalue weighted by atomic mass is 19.1. The number of aryl methyl sites for hydroxylation is 1. The number of benzene rings is 1. The number of pyridine rings is 1. The minimum atomic E-state index is -0.411. The van der Waals surface area contributed by atoms with E-state index < -0.39 is 11.4 Å². The lowest BCUT2D eigenvalue weighted by Gasteiger charge is -2.32. The molecule has 1 aliphatic rings. The quantitative estimate of drug-likeness (QED) is 0.494. The molecule has 1 amide bonds.